The molecule has 26 heavy (non-hydrogen) atoms. The third-order valence-corrected chi connectivity index (χ3v) is 5.28. The molecular formula is C20H24N4O2. The fourth-order valence-corrected chi connectivity index (χ4v) is 3.66. The number of aromatic nitrogens is 2. The minimum atomic E-state index is 0.0894. The fourth-order valence-electron chi connectivity index (χ4n) is 3.66. The zero-order valence-corrected chi connectivity index (χ0v) is 15.3. The summed E-state index contributed by atoms with van der Waals surface area (Å²) in [4.78, 5) is 20.3. The van der Waals surface area contributed by atoms with E-state index in [0.29, 0.717) is 5.69 Å². The van der Waals surface area contributed by atoms with E-state index in [0.717, 1.165) is 61.5 Å². The van der Waals surface area contributed by atoms with E-state index in [1.165, 1.54) is 5.56 Å². The first-order valence-electron chi connectivity index (χ1n) is 9.13. The van der Waals surface area contributed by atoms with Crippen molar-refractivity contribution in [2.24, 2.45) is 0 Å². The number of aromatic amines is 1. The van der Waals surface area contributed by atoms with Crippen LogP contribution in [0.5, 0.6) is 0 Å². The lowest BCUT2D eigenvalue weighted by atomic mass is 10.1. The van der Waals surface area contributed by atoms with E-state index in [9.17, 15) is 4.79 Å². The van der Waals surface area contributed by atoms with Gasteiger partial charge in [0.05, 0.1) is 5.69 Å². The summed E-state index contributed by atoms with van der Waals surface area (Å²) in [6.45, 7) is 8.24. The number of amides is 1. The molecule has 0 bridgehead atoms. The Balaban J connectivity index is 1.33. The highest BCUT2D eigenvalue weighted by molar-refractivity contribution is 5.98. The number of aryl methyl sites for hydroxylation is 2. The SMILES string of the molecule is Cc1noc(C)c1CCN1CCN(C(=O)c2cc3ccccc3[nH]2)CC1. The second-order valence-corrected chi connectivity index (χ2v) is 6.96. The van der Waals surface area contributed by atoms with Crippen molar-refractivity contribution in [3.63, 3.8) is 0 Å². The van der Waals surface area contributed by atoms with Gasteiger partial charge >= 0.3 is 0 Å². The summed E-state index contributed by atoms with van der Waals surface area (Å²) < 4.78 is 5.23. The van der Waals surface area contributed by atoms with E-state index in [1.807, 2.05) is 49.1 Å². The molecule has 1 aliphatic heterocycles. The average Bonchev–Trinajstić information content (AvgIpc) is 3.23. The lowest BCUT2D eigenvalue weighted by Crippen LogP contribution is -2.49. The molecule has 1 aromatic carbocycles. The summed E-state index contributed by atoms with van der Waals surface area (Å²) in [7, 11) is 0. The van der Waals surface area contributed by atoms with E-state index < -0.39 is 0 Å². The number of H-pyrrole nitrogens is 1. The van der Waals surface area contributed by atoms with Gasteiger partial charge in [0.25, 0.3) is 5.91 Å². The summed E-state index contributed by atoms with van der Waals surface area (Å²) in [5.74, 6) is 1.00. The summed E-state index contributed by atoms with van der Waals surface area (Å²) in [6.07, 6.45) is 0.942. The zero-order chi connectivity index (χ0) is 18.1. The van der Waals surface area contributed by atoms with Gasteiger partial charge in [0.2, 0.25) is 0 Å². The summed E-state index contributed by atoms with van der Waals surface area (Å²) in [5, 5.41) is 5.09. The van der Waals surface area contributed by atoms with E-state index in [1.54, 1.807) is 0 Å². The topological polar surface area (TPSA) is 65.4 Å². The van der Waals surface area contributed by atoms with E-state index >= 15 is 0 Å². The Bertz CT molecular complexity index is 866. The summed E-state index contributed by atoms with van der Waals surface area (Å²) in [5.41, 5.74) is 3.88. The molecule has 1 saturated heterocycles. The molecule has 0 saturated carbocycles. The van der Waals surface area contributed by atoms with Gasteiger partial charge in [0.1, 0.15) is 11.5 Å². The van der Waals surface area contributed by atoms with Crippen molar-refractivity contribution in [1.82, 2.24) is 19.9 Å². The monoisotopic (exact) mass is 352 g/mol. The normalized spacial score (nSPS) is 15.7. The molecular weight excluding hydrogens is 328 g/mol. The molecule has 1 aliphatic rings. The highest BCUT2D eigenvalue weighted by Crippen LogP contribution is 2.17. The van der Waals surface area contributed by atoms with Crippen LogP contribution >= 0.6 is 0 Å². The third kappa shape index (κ3) is 3.24. The smallest absolute Gasteiger partial charge is 0.270 e. The number of benzene rings is 1. The predicted molar refractivity (Wildman–Crippen MR) is 100 cm³/mol. The molecule has 0 atom stereocenters. The van der Waals surface area contributed by atoms with Crippen LogP contribution in [0.15, 0.2) is 34.9 Å². The molecule has 0 spiro atoms. The fraction of sp³-hybridized carbons (Fsp3) is 0.400. The molecule has 3 heterocycles. The molecule has 3 aromatic rings. The zero-order valence-electron chi connectivity index (χ0n) is 15.3. The van der Waals surface area contributed by atoms with Crippen LogP contribution in [0.4, 0.5) is 0 Å². The van der Waals surface area contributed by atoms with Crippen LogP contribution in [-0.4, -0.2) is 58.6 Å². The van der Waals surface area contributed by atoms with Gasteiger partial charge in [-0.1, -0.05) is 23.4 Å². The van der Waals surface area contributed by atoms with Gasteiger partial charge in [-0.25, -0.2) is 0 Å². The second-order valence-electron chi connectivity index (χ2n) is 6.96. The number of nitrogens with one attached hydrogen (secondary N) is 1. The highest BCUT2D eigenvalue weighted by atomic mass is 16.5. The van der Waals surface area contributed by atoms with Gasteiger partial charge in [0.15, 0.2) is 0 Å². The highest BCUT2D eigenvalue weighted by Gasteiger charge is 2.23. The number of nitrogens with zero attached hydrogens (tertiary/aromatic N) is 3. The quantitative estimate of drug-likeness (QED) is 0.784. The number of hydrogen-bond donors (Lipinski definition) is 1. The molecule has 1 N–H and O–H groups in total. The first kappa shape index (κ1) is 16.8. The molecule has 6 nitrogen and oxygen atoms in total. The third-order valence-electron chi connectivity index (χ3n) is 5.28. The Labute approximate surface area is 152 Å². The van der Waals surface area contributed by atoms with Gasteiger partial charge < -0.3 is 14.4 Å². The van der Waals surface area contributed by atoms with Gasteiger partial charge in [0, 0.05) is 49.2 Å². The molecule has 1 fully saturated rings. The number of rotatable bonds is 4. The first-order valence-corrected chi connectivity index (χ1v) is 9.13. The van der Waals surface area contributed by atoms with Crippen molar-refractivity contribution >= 4 is 16.8 Å². The average molecular weight is 352 g/mol. The minimum absolute atomic E-state index is 0.0894. The predicted octanol–water partition coefficient (Wildman–Crippen LogP) is 2.77. The molecule has 4 rings (SSSR count). The molecule has 6 heteroatoms. The maximum atomic E-state index is 12.8. The van der Waals surface area contributed by atoms with Gasteiger partial charge in [-0.15, -0.1) is 0 Å². The Morgan fingerprint density at radius 2 is 1.96 bits per heavy atom. The lowest BCUT2D eigenvalue weighted by molar-refractivity contribution is 0.0633. The van der Waals surface area contributed by atoms with Crippen LogP contribution in [0.25, 0.3) is 10.9 Å². The van der Waals surface area contributed by atoms with Crippen molar-refractivity contribution in [1.29, 1.82) is 0 Å². The maximum Gasteiger partial charge on any atom is 0.270 e. The van der Waals surface area contributed by atoms with E-state index in [-0.39, 0.29) is 5.91 Å². The number of fused-ring (bicyclic) bond motifs is 1. The Kier molecular flexibility index (Phi) is 4.51. The van der Waals surface area contributed by atoms with Crippen molar-refractivity contribution in [3.8, 4) is 0 Å². The molecule has 136 valence electrons. The molecule has 0 radical (unpaired) electrons. The van der Waals surface area contributed by atoms with Crippen LogP contribution in [0.3, 0.4) is 0 Å². The van der Waals surface area contributed by atoms with Crippen molar-refractivity contribution in [3.05, 3.63) is 53.0 Å². The Morgan fingerprint density at radius 1 is 1.19 bits per heavy atom. The molecule has 0 aliphatic carbocycles. The Hall–Kier alpha value is -2.60. The van der Waals surface area contributed by atoms with Crippen molar-refractivity contribution < 1.29 is 9.32 Å². The molecule has 0 unspecified atom stereocenters. The lowest BCUT2D eigenvalue weighted by Gasteiger charge is -2.34. The van der Waals surface area contributed by atoms with Gasteiger partial charge in [-0.3, -0.25) is 9.69 Å². The maximum absolute atomic E-state index is 12.8. The Morgan fingerprint density at radius 3 is 2.65 bits per heavy atom. The van der Waals surface area contributed by atoms with E-state index in [2.05, 4.69) is 15.0 Å². The standard InChI is InChI=1S/C20H24N4O2/c1-14-17(15(2)26-22-14)7-8-23-9-11-24(12-10-23)20(25)19-13-16-5-3-4-6-18(16)21-19/h3-6,13,21H,7-12H2,1-2H3. The minimum Gasteiger partial charge on any atom is -0.361 e. The van der Waals surface area contributed by atoms with Crippen LogP contribution in [0.2, 0.25) is 0 Å². The molecule has 1 amide bonds. The van der Waals surface area contributed by atoms with Crippen molar-refractivity contribution in [2.75, 3.05) is 32.7 Å². The van der Waals surface area contributed by atoms with Crippen LogP contribution < -0.4 is 0 Å². The van der Waals surface area contributed by atoms with Crippen LogP contribution in [-0.2, 0) is 6.42 Å². The number of para-hydroxylation sites is 1. The molecule has 2 aromatic heterocycles. The summed E-state index contributed by atoms with van der Waals surface area (Å²) in [6, 6.07) is 9.93. The number of piperazine rings is 1. The van der Waals surface area contributed by atoms with Crippen LogP contribution in [0.1, 0.15) is 27.5 Å². The van der Waals surface area contributed by atoms with E-state index in [4.69, 9.17) is 4.52 Å². The number of carbonyl (C=O) groups excluding carboxylic acids is 1. The van der Waals surface area contributed by atoms with Crippen molar-refractivity contribution in [2.45, 2.75) is 20.3 Å². The number of carbonyl (C=O) groups is 1. The van der Waals surface area contributed by atoms with Gasteiger partial charge in [-0.05, 0) is 32.4 Å². The first-order chi connectivity index (χ1) is 12.6. The number of hydrogen-bond acceptors (Lipinski definition) is 4. The van der Waals surface area contributed by atoms with Crippen LogP contribution in [0, 0.1) is 13.8 Å². The second kappa shape index (κ2) is 6.96. The summed E-state index contributed by atoms with van der Waals surface area (Å²) >= 11 is 0. The van der Waals surface area contributed by atoms with Gasteiger partial charge in [-0.2, -0.15) is 0 Å². The largest absolute Gasteiger partial charge is 0.361 e.